The van der Waals surface area contributed by atoms with Crippen molar-refractivity contribution in [3.8, 4) is 6.07 Å². The summed E-state index contributed by atoms with van der Waals surface area (Å²) in [4.78, 5) is 49.5. The van der Waals surface area contributed by atoms with Crippen LogP contribution in [0.4, 0.5) is 20.7 Å². The van der Waals surface area contributed by atoms with Crippen molar-refractivity contribution in [3.05, 3.63) is 55.2 Å². The van der Waals surface area contributed by atoms with Crippen molar-refractivity contribution in [3.63, 3.8) is 0 Å². The van der Waals surface area contributed by atoms with Crippen molar-refractivity contribution >= 4 is 46.8 Å². The molecule has 1 aromatic carbocycles. The van der Waals surface area contributed by atoms with Gasteiger partial charge in [0.25, 0.3) is 0 Å². The number of aromatic nitrogens is 2. The average molecular weight is 637 g/mol. The largest absolute Gasteiger partial charge is 0.468 e. The Morgan fingerprint density at radius 1 is 1.28 bits per heavy atom. The highest BCUT2D eigenvalue weighted by atomic mass is 35.5. The van der Waals surface area contributed by atoms with E-state index in [0.29, 0.717) is 18.4 Å². The van der Waals surface area contributed by atoms with E-state index in [1.807, 2.05) is 0 Å². The van der Waals surface area contributed by atoms with Gasteiger partial charge in [-0.05, 0) is 68.8 Å². The number of methoxy groups -OCH3 is 1. The first kappa shape index (κ1) is 32.2. The molecule has 230 valence electrons. The van der Waals surface area contributed by atoms with Crippen LogP contribution in [-0.2, 0) is 32.5 Å². The number of nitriles is 1. The summed E-state index contributed by atoms with van der Waals surface area (Å²) in [5.41, 5.74) is -2.34. The predicted octanol–water partition coefficient (Wildman–Crippen LogP) is 5.16. The van der Waals surface area contributed by atoms with Gasteiger partial charge in [-0.3, -0.25) is 14.9 Å². The first-order valence-electron chi connectivity index (χ1n) is 13.6. The lowest BCUT2D eigenvalue weighted by Gasteiger charge is -2.41. The van der Waals surface area contributed by atoms with Gasteiger partial charge in [-0.25, -0.2) is 14.2 Å². The van der Waals surface area contributed by atoms with Crippen LogP contribution in [0.25, 0.3) is 0 Å². The summed E-state index contributed by atoms with van der Waals surface area (Å²) in [6, 6.07) is 4.27. The number of carbonyl (C=O) groups is 2. The number of anilines is 1. The second-order valence-electron chi connectivity index (χ2n) is 11.5. The Bertz CT molecular complexity index is 1500. The summed E-state index contributed by atoms with van der Waals surface area (Å²) < 4.78 is 25.7. The van der Waals surface area contributed by atoms with E-state index >= 15 is 4.39 Å². The van der Waals surface area contributed by atoms with Gasteiger partial charge >= 0.3 is 17.7 Å². The molecule has 1 aliphatic heterocycles. The van der Waals surface area contributed by atoms with E-state index in [-0.39, 0.29) is 66.3 Å². The fraction of sp³-hybridized carbons (Fsp3) is 0.536. The summed E-state index contributed by atoms with van der Waals surface area (Å²) in [5, 5.41) is 21.6. The van der Waals surface area contributed by atoms with Crippen molar-refractivity contribution in [2.24, 2.45) is 0 Å². The average Bonchev–Trinajstić information content (AvgIpc) is 2.93. The zero-order valence-corrected chi connectivity index (χ0v) is 25.7. The Balaban J connectivity index is 1.78. The van der Waals surface area contributed by atoms with Gasteiger partial charge in [-0.15, -0.1) is 0 Å². The van der Waals surface area contributed by atoms with Crippen LogP contribution in [0.3, 0.4) is 0 Å². The summed E-state index contributed by atoms with van der Waals surface area (Å²) >= 11 is 12.3. The molecule has 0 radical (unpaired) electrons. The number of nitro groups is 1. The molecular formula is C28H31Cl2FN6O6. The second-order valence-corrected chi connectivity index (χ2v) is 12.2. The molecule has 1 amide bonds. The van der Waals surface area contributed by atoms with Crippen LogP contribution in [-0.4, -0.2) is 70.2 Å². The van der Waals surface area contributed by atoms with Gasteiger partial charge in [-0.1, -0.05) is 17.7 Å². The van der Waals surface area contributed by atoms with Gasteiger partial charge < -0.3 is 19.3 Å². The summed E-state index contributed by atoms with van der Waals surface area (Å²) in [7, 11) is 1.19. The van der Waals surface area contributed by atoms with Crippen LogP contribution in [0.5, 0.6) is 0 Å². The highest BCUT2D eigenvalue weighted by Gasteiger charge is 2.48. The fourth-order valence-corrected chi connectivity index (χ4v) is 6.17. The van der Waals surface area contributed by atoms with Gasteiger partial charge in [0.05, 0.1) is 41.0 Å². The summed E-state index contributed by atoms with van der Waals surface area (Å²) in [6.45, 7) is 5.41. The molecule has 1 saturated heterocycles. The smallest absolute Gasteiger partial charge is 0.410 e. The predicted molar refractivity (Wildman–Crippen MR) is 155 cm³/mol. The number of hydrogen-bond acceptors (Lipinski definition) is 10. The van der Waals surface area contributed by atoms with Crippen LogP contribution >= 0.6 is 23.2 Å². The maximum atomic E-state index is 15.1. The Kier molecular flexibility index (Phi) is 9.32. The maximum Gasteiger partial charge on any atom is 0.410 e. The molecule has 1 fully saturated rings. The Morgan fingerprint density at radius 3 is 2.63 bits per heavy atom. The van der Waals surface area contributed by atoms with Crippen molar-refractivity contribution in [1.29, 1.82) is 5.26 Å². The Labute approximate surface area is 257 Å². The first-order chi connectivity index (χ1) is 20.2. The molecule has 1 aliphatic carbocycles. The molecule has 0 saturated carbocycles. The van der Waals surface area contributed by atoms with Crippen molar-refractivity contribution in [2.75, 3.05) is 31.6 Å². The number of hydrogen-bond donors (Lipinski definition) is 0. The van der Waals surface area contributed by atoms with Crippen LogP contribution in [0.15, 0.2) is 12.1 Å². The van der Waals surface area contributed by atoms with E-state index in [1.165, 1.54) is 24.1 Å². The molecule has 43 heavy (non-hydrogen) atoms. The molecule has 2 heterocycles. The number of halogens is 3. The van der Waals surface area contributed by atoms with Gasteiger partial charge in [0.2, 0.25) is 11.1 Å². The number of fused-ring (bicyclic) bond motifs is 1. The van der Waals surface area contributed by atoms with Crippen LogP contribution in [0, 0.1) is 27.3 Å². The number of benzene rings is 1. The first-order valence-corrected chi connectivity index (χ1v) is 14.4. The molecule has 4 rings (SSSR count). The number of ether oxygens (including phenoxy) is 2. The third kappa shape index (κ3) is 6.45. The van der Waals surface area contributed by atoms with E-state index in [1.54, 1.807) is 25.7 Å². The van der Waals surface area contributed by atoms with Gasteiger partial charge in [0.15, 0.2) is 0 Å². The minimum absolute atomic E-state index is 0.0229. The summed E-state index contributed by atoms with van der Waals surface area (Å²) in [6.07, 6.45) is -0.0704. The topological polar surface area (TPSA) is 152 Å². The molecule has 15 heteroatoms. The maximum absolute atomic E-state index is 15.1. The van der Waals surface area contributed by atoms with E-state index in [4.69, 9.17) is 32.7 Å². The molecule has 2 aromatic rings. The molecule has 2 aliphatic rings. The minimum Gasteiger partial charge on any atom is -0.468 e. The molecule has 0 bridgehead atoms. The van der Waals surface area contributed by atoms with Crippen molar-refractivity contribution < 1.29 is 28.4 Å². The van der Waals surface area contributed by atoms with Crippen molar-refractivity contribution in [2.45, 2.75) is 69.9 Å². The van der Waals surface area contributed by atoms with E-state index in [0.717, 1.165) is 0 Å². The highest BCUT2D eigenvalue weighted by molar-refractivity contribution is 6.30. The van der Waals surface area contributed by atoms with Gasteiger partial charge in [0.1, 0.15) is 17.1 Å². The third-order valence-electron chi connectivity index (χ3n) is 7.62. The van der Waals surface area contributed by atoms with E-state index in [2.05, 4.69) is 16.0 Å². The number of esters is 1. The van der Waals surface area contributed by atoms with E-state index in [9.17, 15) is 25.0 Å². The lowest BCUT2D eigenvalue weighted by molar-refractivity contribution is -0.385. The number of piperazine rings is 1. The molecule has 1 unspecified atom stereocenters. The van der Waals surface area contributed by atoms with Crippen LogP contribution in [0.2, 0.25) is 10.3 Å². The Hall–Kier alpha value is -3.76. The standard InChI is InChI=1S/C28H31Cl2FN6O6/c1-27(2,3)43-26(39)36-13-12-35(15-16(36)9-11-32)23-22(37(40)41)20(33-25(30)34-23)14-28(24(38)42-4)10-5-6-17-18(28)7-8-19(29)21(17)31/h7-8,16H,5-6,9-10,12-15H2,1-4H3/t16-,28?/m0/s1. The third-order valence-corrected chi connectivity index (χ3v) is 8.08. The van der Waals surface area contributed by atoms with E-state index < -0.39 is 45.5 Å². The normalized spacial score (nSPS) is 20.2. The zero-order valence-electron chi connectivity index (χ0n) is 24.2. The van der Waals surface area contributed by atoms with Gasteiger partial charge in [-0.2, -0.15) is 10.2 Å². The molecule has 0 spiro atoms. The summed E-state index contributed by atoms with van der Waals surface area (Å²) in [5.74, 6) is -1.49. The molecule has 12 nitrogen and oxygen atoms in total. The molecule has 1 aromatic heterocycles. The zero-order chi connectivity index (χ0) is 31.7. The SMILES string of the molecule is COC(=O)C1(Cc2nc(Cl)nc(N3CCN(C(=O)OC(C)(C)C)[C@@H](CC#N)C3)c2[N+](=O)[O-])CCCc2c1ccc(Cl)c2F. The quantitative estimate of drug-likeness (QED) is 0.180. The van der Waals surface area contributed by atoms with Gasteiger partial charge in [0, 0.05) is 26.1 Å². The second kappa shape index (κ2) is 12.5. The Morgan fingerprint density at radius 2 is 2.00 bits per heavy atom. The molecular weight excluding hydrogens is 606 g/mol. The van der Waals surface area contributed by atoms with Crippen LogP contribution in [0.1, 0.15) is 56.9 Å². The monoisotopic (exact) mass is 636 g/mol. The van der Waals surface area contributed by atoms with Crippen LogP contribution < -0.4 is 4.90 Å². The van der Waals surface area contributed by atoms with Crippen molar-refractivity contribution in [1.82, 2.24) is 14.9 Å². The number of carbonyl (C=O) groups excluding carboxylic acids is 2. The molecule has 2 atom stereocenters. The molecule has 0 N–H and O–H groups in total. The minimum atomic E-state index is -1.51. The lowest BCUT2D eigenvalue weighted by atomic mass is 9.67. The fourth-order valence-electron chi connectivity index (χ4n) is 5.81. The lowest BCUT2D eigenvalue weighted by Crippen LogP contribution is -2.56. The number of rotatable bonds is 6. The number of nitrogens with zero attached hydrogens (tertiary/aromatic N) is 6. The highest BCUT2D eigenvalue weighted by Crippen LogP contribution is 2.45. The number of amides is 1.